The monoisotopic (exact) mass is 356 g/mol. The van der Waals surface area contributed by atoms with Crippen molar-refractivity contribution in [1.29, 1.82) is 0 Å². The van der Waals surface area contributed by atoms with Crippen LogP contribution in [0.25, 0.3) is 10.9 Å². The number of rotatable bonds is 3. The lowest BCUT2D eigenvalue weighted by molar-refractivity contribution is -0.140. The molecule has 1 fully saturated rings. The van der Waals surface area contributed by atoms with Crippen molar-refractivity contribution in [1.82, 2.24) is 9.88 Å². The maximum atomic E-state index is 13.7. The van der Waals surface area contributed by atoms with Crippen molar-refractivity contribution < 1.29 is 9.18 Å². The van der Waals surface area contributed by atoms with Gasteiger partial charge in [0.2, 0.25) is 5.91 Å². The van der Waals surface area contributed by atoms with Crippen LogP contribution < -0.4 is 0 Å². The first-order valence-corrected chi connectivity index (χ1v) is 10.1. The number of fused-ring (bicyclic) bond motifs is 3. The molecule has 0 bridgehead atoms. The number of hydrogen-bond acceptors (Lipinski definition) is 1. The summed E-state index contributed by atoms with van der Waals surface area (Å²) in [4.78, 5) is 18.9. The zero-order valence-electron chi connectivity index (χ0n) is 15.9. The van der Waals surface area contributed by atoms with Gasteiger partial charge in [0, 0.05) is 29.1 Å². The van der Waals surface area contributed by atoms with Gasteiger partial charge < -0.3 is 9.88 Å². The van der Waals surface area contributed by atoms with Gasteiger partial charge in [0.15, 0.2) is 0 Å². The second-order valence-corrected chi connectivity index (χ2v) is 8.47. The Balaban J connectivity index is 1.71. The highest BCUT2D eigenvalue weighted by Gasteiger charge is 2.36. The number of nitrogens with zero attached hydrogens (tertiary/aromatic N) is 1. The number of carbonyl (C=O) groups excluding carboxylic acids is 1. The molecule has 1 aromatic carbocycles. The average Bonchev–Trinajstić information content (AvgIpc) is 3.00. The zero-order chi connectivity index (χ0) is 18.3. The maximum Gasteiger partial charge on any atom is 0.226 e. The van der Waals surface area contributed by atoms with Crippen LogP contribution in [0.1, 0.15) is 69.7 Å². The van der Waals surface area contributed by atoms with Crippen molar-refractivity contribution in [2.24, 2.45) is 11.8 Å². The lowest BCUT2D eigenvalue weighted by atomic mass is 9.85. The summed E-state index contributed by atoms with van der Waals surface area (Å²) < 4.78 is 13.7. The standard InChI is InChI=1S/C22H29FN2O/c1-14(2)12-20-21-18(17-9-8-16(23)13-19(17)24-21)10-11-25(20)22(26)15-6-4-3-5-7-15/h8-9,13-15,20,24H,3-7,10-12H2,1-2H3. The van der Waals surface area contributed by atoms with E-state index >= 15 is 0 Å². The molecule has 2 aromatic rings. The van der Waals surface area contributed by atoms with E-state index in [1.54, 1.807) is 6.07 Å². The predicted octanol–water partition coefficient (Wildman–Crippen LogP) is 5.36. The van der Waals surface area contributed by atoms with Gasteiger partial charge >= 0.3 is 0 Å². The first kappa shape index (κ1) is 17.6. The van der Waals surface area contributed by atoms with Gasteiger partial charge in [0.05, 0.1) is 6.04 Å². The molecule has 26 heavy (non-hydrogen) atoms. The average molecular weight is 356 g/mol. The van der Waals surface area contributed by atoms with Crippen LogP contribution >= 0.6 is 0 Å². The lowest BCUT2D eigenvalue weighted by Crippen LogP contribution is -2.44. The van der Waals surface area contributed by atoms with Crippen LogP contribution in [0.3, 0.4) is 0 Å². The summed E-state index contributed by atoms with van der Waals surface area (Å²) in [5.74, 6) is 0.815. The number of carbonyl (C=O) groups is 1. The minimum Gasteiger partial charge on any atom is -0.356 e. The van der Waals surface area contributed by atoms with Gasteiger partial charge in [0.1, 0.15) is 5.82 Å². The number of halogens is 1. The molecule has 4 heteroatoms. The van der Waals surface area contributed by atoms with Crippen LogP contribution in [0.15, 0.2) is 18.2 Å². The second kappa shape index (κ2) is 7.05. The summed E-state index contributed by atoms with van der Waals surface area (Å²) in [6, 6.07) is 5.08. The highest BCUT2D eigenvalue weighted by atomic mass is 19.1. The van der Waals surface area contributed by atoms with Gasteiger partial charge in [-0.05, 0) is 55.4 Å². The smallest absolute Gasteiger partial charge is 0.226 e. The molecule has 0 radical (unpaired) electrons. The Morgan fingerprint density at radius 3 is 2.77 bits per heavy atom. The minimum absolute atomic E-state index is 0.0867. The molecule has 1 aliphatic heterocycles. The maximum absolute atomic E-state index is 13.7. The summed E-state index contributed by atoms with van der Waals surface area (Å²) in [5.41, 5.74) is 3.27. The summed E-state index contributed by atoms with van der Waals surface area (Å²) in [6.45, 7) is 5.20. The van der Waals surface area contributed by atoms with Gasteiger partial charge in [-0.25, -0.2) is 4.39 Å². The Kier molecular flexibility index (Phi) is 4.76. The molecule has 1 N–H and O–H groups in total. The largest absolute Gasteiger partial charge is 0.356 e. The molecule has 3 nitrogen and oxygen atoms in total. The van der Waals surface area contributed by atoms with E-state index in [1.807, 2.05) is 6.07 Å². The number of hydrogen-bond donors (Lipinski definition) is 1. The molecule has 0 spiro atoms. The first-order valence-electron chi connectivity index (χ1n) is 10.1. The summed E-state index contributed by atoms with van der Waals surface area (Å²) >= 11 is 0. The fourth-order valence-corrected chi connectivity index (χ4v) is 4.89. The molecule has 1 amide bonds. The van der Waals surface area contributed by atoms with E-state index in [0.29, 0.717) is 11.8 Å². The van der Waals surface area contributed by atoms with Crippen molar-refractivity contribution >= 4 is 16.8 Å². The van der Waals surface area contributed by atoms with Crippen LogP contribution in [0, 0.1) is 17.7 Å². The number of benzene rings is 1. The molecule has 1 atom stereocenters. The van der Waals surface area contributed by atoms with Crippen molar-refractivity contribution in [3.05, 3.63) is 35.3 Å². The quantitative estimate of drug-likeness (QED) is 0.790. The highest BCUT2D eigenvalue weighted by molar-refractivity contribution is 5.86. The zero-order valence-corrected chi connectivity index (χ0v) is 15.9. The normalized spacial score (nSPS) is 21.4. The van der Waals surface area contributed by atoms with E-state index < -0.39 is 0 Å². The van der Waals surface area contributed by atoms with Crippen LogP contribution in [-0.4, -0.2) is 22.3 Å². The van der Waals surface area contributed by atoms with Crippen molar-refractivity contribution in [2.75, 3.05) is 6.54 Å². The third-order valence-corrected chi connectivity index (χ3v) is 6.15. The van der Waals surface area contributed by atoms with E-state index in [1.165, 1.54) is 30.9 Å². The van der Waals surface area contributed by atoms with Gasteiger partial charge in [-0.3, -0.25) is 4.79 Å². The number of aromatic nitrogens is 1. The molecular formula is C22H29FN2O. The molecule has 2 heterocycles. The number of amides is 1. The lowest BCUT2D eigenvalue weighted by Gasteiger charge is -2.39. The Hall–Kier alpha value is -1.84. The molecule has 1 aromatic heterocycles. The predicted molar refractivity (Wildman–Crippen MR) is 102 cm³/mol. The molecular weight excluding hydrogens is 327 g/mol. The first-order chi connectivity index (χ1) is 12.5. The van der Waals surface area contributed by atoms with E-state index in [9.17, 15) is 9.18 Å². The van der Waals surface area contributed by atoms with E-state index in [-0.39, 0.29) is 17.8 Å². The molecule has 140 valence electrons. The Morgan fingerprint density at radius 2 is 2.04 bits per heavy atom. The Morgan fingerprint density at radius 1 is 1.27 bits per heavy atom. The topological polar surface area (TPSA) is 36.1 Å². The van der Waals surface area contributed by atoms with Crippen molar-refractivity contribution in [2.45, 2.75) is 64.8 Å². The van der Waals surface area contributed by atoms with E-state index in [4.69, 9.17) is 0 Å². The van der Waals surface area contributed by atoms with E-state index in [0.717, 1.165) is 48.8 Å². The van der Waals surface area contributed by atoms with Gasteiger partial charge in [-0.1, -0.05) is 33.1 Å². The summed E-state index contributed by atoms with van der Waals surface area (Å²) in [6.07, 6.45) is 7.49. The van der Waals surface area contributed by atoms with Gasteiger partial charge in [-0.15, -0.1) is 0 Å². The summed E-state index contributed by atoms with van der Waals surface area (Å²) in [5, 5.41) is 1.11. The van der Waals surface area contributed by atoms with Gasteiger partial charge in [-0.2, -0.15) is 0 Å². The summed E-state index contributed by atoms with van der Waals surface area (Å²) in [7, 11) is 0. The number of aromatic amines is 1. The highest BCUT2D eigenvalue weighted by Crippen LogP contribution is 2.39. The van der Waals surface area contributed by atoms with Crippen molar-refractivity contribution in [3.63, 3.8) is 0 Å². The van der Waals surface area contributed by atoms with Crippen LogP contribution in [-0.2, 0) is 11.2 Å². The molecule has 1 saturated carbocycles. The van der Waals surface area contributed by atoms with Crippen molar-refractivity contribution in [3.8, 4) is 0 Å². The molecule has 1 aliphatic carbocycles. The van der Waals surface area contributed by atoms with Crippen LogP contribution in [0.5, 0.6) is 0 Å². The minimum atomic E-state index is -0.216. The van der Waals surface area contributed by atoms with E-state index in [2.05, 4.69) is 23.7 Å². The molecule has 0 saturated heterocycles. The van der Waals surface area contributed by atoms with Crippen LogP contribution in [0.2, 0.25) is 0 Å². The third-order valence-electron chi connectivity index (χ3n) is 6.15. The molecule has 1 unspecified atom stereocenters. The SMILES string of the molecule is CC(C)CC1c2[nH]c3cc(F)ccc3c2CCN1C(=O)C1CCCCC1. The number of nitrogens with one attached hydrogen (secondary N) is 1. The third kappa shape index (κ3) is 3.15. The molecule has 2 aliphatic rings. The second-order valence-electron chi connectivity index (χ2n) is 8.47. The number of H-pyrrole nitrogens is 1. The fraction of sp³-hybridized carbons (Fsp3) is 0.591. The van der Waals surface area contributed by atoms with Gasteiger partial charge in [0.25, 0.3) is 0 Å². The Bertz CT molecular complexity index is 804. The molecule has 4 rings (SSSR count). The fourth-order valence-electron chi connectivity index (χ4n) is 4.89. The Labute approximate surface area is 155 Å². The van der Waals surface area contributed by atoms with Crippen LogP contribution in [0.4, 0.5) is 4.39 Å².